The van der Waals surface area contributed by atoms with Gasteiger partial charge in [0.1, 0.15) is 5.82 Å². The Morgan fingerprint density at radius 1 is 1.14 bits per heavy atom. The highest BCUT2D eigenvalue weighted by molar-refractivity contribution is 5.83. The topological polar surface area (TPSA) is 57.8 Å². The van der Waals surface area contributed by atoms with Crippen LogP contribution in [0.15, 0.2) is 59.4 Å². The van der Waals surface area contributed by atoms with E-state index in [4.69, 9.17) is 6.42 Å². The number of terminal acetylenes is 1. The molecule has 140 valence electrons. The summed E-state index contributed by atoms with van der Waals surface area (Å²) in [6.45, 7) is 0.894. The number of aromatic amines is 1. The second-order valence-electron chi connectivity index (χ2n) is 7.16. The molecule has 0 spiro atoms. The maximum Gasteiger partial charge on any atom is 0.258 e. The largest absolute Gasteiger partial charge is 0.310 e. The molecule has 0 amide bonds. The molecule has 4 nitrogen and oxygen atoms in total. The van der Waals surface area contributed by atoms with Gasteiger partial charge in [0, 0.05) is 19.0 Å². The van der Waals surface area contributed by atoms with E-state index in [-0.39, 0.29) is 5.56 Å². The van der Waals surface area contributed by atoms with Crippen molar-refractivity contribution < 1.29 is 0 Å². The molecule has 4 rings (SSSR count). The van der Waals surface area contributed by atoms with Gasteiger partial charge >= 0.3 is 0 Å². The van der Waals surface area contributed by atoms with Gasteiger partial charge in [-0.2, -0.15) is 0 Å². The van der Waals surface area contributed by atoms with Crippen molar-refractivity contribution in [3.8, 4) is 12.3 Å². The fourth-order valence-corrected chi connectivity index (χ4v) is 3.82. The fraction of sp³-hybridized carbons (Fsp3) is 0.250. The van der Waals surface area contributed by atoms with E-state index in [1.165, 1.54) is 11.1 Å². The average Bonchev–Trinajstić information content (AvgIpc) is 2.74. The lowest BCUT2D eigenvalue weighted by Crippen LogP contribution is -2.33. The minimum Gasteiger partial charge on any atom is -0.310 e. The van der Waals surface area contributed by atoms with E-state index in [2.05, 4.69) is 51.5 Å². The van der Waals surface area contributed by atoms with Crippen molar-refractivity contribution in [1.29, 1.82) is 0 Å². The molecule has 3 aromatic rings. The molecule has 28 heavy (non-hydrogen) atoms. The zero-order valence-electron chi connectivity index (χ0n) is 15.7. The van der Waals surface area contributed by atoms with Crippen LogP contribution in [0.4, 0.5) is 0 Å². The number of para-hydroxylation sites is 1. The highest BCUT2D eigenvalue weighted by atomic mass is 16.1. The maximum absolute atomic E-state index is 12.3. The summed E-state index contributed by atoms with van der Waals surface area (Å²) < 4.78 is 0. The molecule has 1 aliphatic heterocycles. The Morgan fingerprint density at radius 3 is 2.82 bits per heavy atom. The van der Waals surface area contributed by atoms with Crippen LogP contribution >= 0.6 is 0 Å². The Morgan fingerprint density at radius 2 is 2.00 bits per heavy atom. The molecule has 0 aliphatic carbocycles. The maximum atomic E-state index is 12.3. The third-order valence-corrected chi connectivity index (χ3v) is 5.27. The van der Waals surface area contributed by atoms with Crippen LogP contribution < -0.4 is 10.9 Å². The molecule has 1 aromatic heterocycles. The molecule has 2 heterocycles. The van der Waals surface area contributed by atoms with Gasteiger partial charge in [0.2, 0.25) is 0 Å². The molecule has 0 bridgehead atoms. The number of aryl methyl sites for hydroxylation is 1. The SMILES string of the molecule is C#Cc1cccc2c(=O)[nH]c(CCCC3CC(c4ccccc4)=CCN3)nc12. The zero-order valence-corrected chi connectivity index (χ0v) is 15.7. The third-order valence-electron chi connectivity index (χ3n) is 5.27. The predicted octanol–water partition coefficient (Wildman–Crippen LogP) is 3.67. The average molecular weight is 369 g/mol. The fourth-order valence-electron chi connectivity index (χ4n) is 3.82. The first-order valence-corrected chi connectivity index (χ1v) is 9.71. The van der Waals surface area contributed by atoms with Crippen molar-refractivity contribution in [3.05, 3.63) is 81.9 Å². The highest BCUT2D eigenvalue weighted by Crippen LogP contribution is 2.24. The predicted molar refractivity (Wildman–Crippen MR) is 114 cm³/mol. The molecule has 4 heteroatoms. The quantitative estimate of drug-likeness (QED) is 0.675. The van der Waals surface area contributed by atoms with E-state index in [0.717, 1.165) is 32.2 Å². The molecule has 1 unspecified atom stereocenters. The van der Waals surface area contributed by atoms with Crippen molar-refractivity contribution in [1.82, 2.24) is 15.3 Å². The van der Waals surface area contributed by atoms with Gasteiger partial charge in [-0.25, -0.2) is 4.98 Å². The molecule has 0 saturated carbocycles. The number of fused-ring (bicyclic) bond motifs is 1. The van der Waals surface area contributed by atoms with Crippen molar-refractivity contribution in [2.45, 2.75) is 31.7 Å². The number of rotatable bonds is 5. The molecule has 0 radical (unpaired) electrons. The summed E-state index contributed by atoms with van der Waals surface area (Å²) in [5.74, 6) is 3.32. The molecule has 2 aromatic carbocycles. The van der Waals surface area contributed by atoms with Gasteiger partial charge in [-0.05, 0) is 42.5 Å². The summed E-state index contributed by atoms with van der Waals surface area (Å²) in [5.41, 5.74) is 3.86. The van der Waals surface area contributed by atoms with E-state index in [1.54, 1.807) is 12.1 Å². The van der Waals surface area contributed by atoms with Crippen LogP contribution in [0.25, 0.3) is 16.5 Å². The summed E-state index contributed by atoms with van der Waals surface area (Å²) in [7, 11) is 0. The minimum absolute atomic E-state index is 0.123. The number of nitrogens with one attached hydrogen (secondary N) is 2. The van der Waals surface area contributed by atoms with Gasteiger partial charge in [-0.15, -0.1) is 6.42 Å². The first kappa shape index (κ1) is 18.2. The third kappa shape index (κ3) is 3.90. The lowest BCUT2D eigenvalue weighted by atomic mass is 9.93. The number of H-pyrrole nitrogens is 1. The van der Waals surface area contributed by atoms with E-state index in [1.807, 2.05) is 12.1 Å². The van der Waals surface area contributed by atoms with E-state index in [9.17, 15) is 4.79 Å². The van der Waals surface area contributed by atoms with Crippen LogP contribution in [0, 0.1) is 12.3 Å². The summed E-state index contributed by atoms with van der Waals surface area (Å²) in [6, 6.07) is 16.4. The van der Waals surface area contributed by atoms with Gasteiger partial charge in [-0.1, -0.05) is 48.4 Å². The first-order chi connectivity index (χ1) is 13.7. The van der Waals surface area contributed by atoms with Gasteiger partial charge in [0.15, 0.2) is 0 Å². The Labute approximate surface area is 164 Å². The number of hydrogen-bond donors (Lipinski definition) is 2. The summed E-state index contributed by atoms with van der Waals surface area (Å²) >= 11 is 0. The minimum atomic E-state index is -0.123. The number of aromatic nitrogens is 2. The smallest absolute Gasteiger partial charge is 0.258 e. The molecular weight excluding hydrogens is 346 g/mol. The second-order valence-corrected chi connectivity index (χ2v) is 7.16. The highest BCUT2D eigenvalue weighted by Gasteiger charge is 2.16. The first-order valence-electron chi connectivity index (χ1n) is 9.71. The van der Waals surface area contributed by atoms with E-state index < -0.39 is 0 Å². The zero-order chi connectivity index (χ0) is 19.3. The lowest BCUT2D eigenvalue weighted by Gasteiger charge is -2.24. The van der Waals surface area contributed by atoms with Crippen molar-refractivity contribution in [2.24, 2.45) is 0 Å². The normalized spacial score (nSPS) is 16.5. The molecule has 0 fully saturated rings. The monoisotopic (exact) mass is 369 g/mol. The van der Waals surface area contributed by atoms with Gasteiger partial charge < -0.3 is 10.3 Å². The summed E-state index contributed by atoms with van der Waals surface area (Å²) in [5, 5.41) is 4.12. The van der Waals surface area contributed by atoms with Crippen LogP contribution in [-0.4, -0.2) is 22.6 Å². The molecule has 1 atom stereocenters. The van der Waals surface area contributed by atoms with E-state index >= 15 is 0 Å². The molecule has 0 saturated heterocycles. The molecular formula is C24H23N3O. The van der Waals surface area contributed by atoms with Crippen LogP contribution in [0.2, 0.25) is 0 Å². The van der Waals surface area contributed by atoms with Gasteiger partial charge in [0.05, 0.1) is 16.5 Å². The summed E-state index contributed by atoms with van der Waals surface area (Å²) in [4.78, 5) is 19.9. The number of benzene rings is 2. The Bertz CT molecular complexity index is 1110. The van der Waals surface area contributed by atoms with Crippen LogP contribution in [0.1, 0.15) is 36.2 Å². The number of hydrogen-bond acceptors (Lipinski definition) is 3. The van der Waals surface area contributed by atoms with Crippen molar-refractivity contribution in [2.75, 3.05) is 6.54 Å². The standard InChI is InChI=1S/C24H23N3O/c1-2-17-10-6-12-21-23(17)26-22(27-24(21)28)13-7-11-20-16-19(14-15-25-20)18-8-4-3-5-9-18/h1,3-6,8-10,12,14,20,25H,7,11,13,15-16H2,(H,26,27,28). The molecule has 1 aliphatic rings. The summed E-state index contributed by atoms with van der Waals surface area (Å²) in [6.07, 6.45) is 11.6. The Kier molecular flexibility index (Phi) is 5.36. The lowest BCUT2D eigenvalue weighted by molar-refractivity contribution is 0.483. The van der Waals surface area contributed by atoms with Crippen LogP contribution in [0.5, 0.6) is 0 Å². The van der Waals surface area contributed by atoms with Crippen LogP contribution in [-0.2, 0) is 6.42 Å². The Balaban J connectivity index is 1.41. The van der Waals surface area contributed by atoms with Crippen LogP contribution in [0.3, 0.4) is 0 Å². The molecule has 2 N–H and O–H groups in total. The number of nitrogens with zero attached hydrogens (tertiary/aromatic N) is 1. The second kappa shape index (κ2) is 8.24. The van der Waals surface area contributed by atoms with Gasteiger partial charge in [0.25, 0.3) is 5.56 Å². The van der Waals surface area contributed by atoms with Crippen molar-refractivity contribution >= 4 is 16.5 Å². The van der Waals surface area contributed by atoms with Gasteiger partial charge in [-0.3, -0.25) is 4.79 Å². The van der Waals surface area contributed by atoms with E-state index in [0.29, 0.717) is 28.3 Å². The Hall–Kier alpha value is -3.16. The van der Waals surface area contributed by atoms with Crippen molar-refractivity contribution in [3.63, 3.8) is 0 Å².